The Morgan fingerprint density at radius 1 is 1.35 bits per heavy atom. The predicted molar refractivity (Wildman–Crippen MR) is 72.8 cm³/mol. The highest BCUT2D eigenvalue weighted by atomic mass is 16.2. The van der Waals surface area contributed by atoms with Gasteiger partial charge in [0, 0.05) is 18.0 Å². The number of aromatic amines is 1. The summed E-state index contributed by atoms with van der Waals surface area (Å²) in [5, 5.41) is 4.39. The minimum Gasteiger partial charge on any atom is -0.335 e. The van der Waals surface area contributed by atoms with E-state index in [0.29, 0.717) is 29.4 Å². The van der Waals surface area contributed by atoms with Gasteiger partial charge >= 0.3 is 0 Å². The summed E-state index contributed by atoms with van der Waals surface area (Å²) in [5.74, 6) is 0.393. The molecule has 2 aromatic heterocycles. The van der Waals surface area contributed by atoms with Crippen molar-refractivity contribution in [3.05, 3.63) is 33.4 Å². The van der Waals surface area contributed by atoms with Crippen LogP contribution >= 0.6 is 0 Å². The largest absolute Gasteiger partial charge is 0.335 e. The second-order valence-corrected chi connectivity index (χ2v) is 5.95. The Balaban J connectivity index is 1.91. The molecule has 1 aliphatic carbocycles. The summed E-state index contributed by atoms with van der Waals surface area (Å²) in [6.07, 6.45) is 2.27. The third-order valence-electron chi connectivity index (χ3n) is 4.16. The number of amides is 1. The fourth-order valence-electron chi connectivity index (χ4n) is 2.79. The fraction of sp³-hybridized carbons (Fsp3) is 0.500. The highest BCUT2D eigenvalue weighted by Crippen LogP contribution is 2.39. The van der Waals surface area contributed by atoms with Crippen LogP contribution in [0.25, 0.3) is 5.65 Å². The first-order valence-electron chi connectivity index (χ1n) is 7.02. The quantitative estimate of drug-likeness (QED) is 0.894. The Morgan fingerprint density at radius 2 is 2.10 bits per heavy atom. The maximum Gasteiger partial charge on any atom is 0.280 e. The zero-order valence-electron chi connectivity index (χ0n) is 11.5. The minimum absolute atomic E-state index is 0.0806. The number of H-pyrrole nitrogens is 1. The summed E-state index contributed by atoms with van der Waals surface area (Å²) in [4.78, 5) is 29.6. The molecule has 104 valence electrons. The molecule has 6 heteroatoms. The van der Waals surface area contributed by atoms with Crippen LogP contribution in [0.3, 0.4) is 0 Å². The normalized spacial score (nSPS) is 18.4. The molecule has 0 atom stereocenters. The predicted octanol–water partition coefficient (Wildman–Crippen LogP) is 1.26. The number of nitrogens with zero attached hydrogens (tertiary/aromatic N) is 3. The Morgan fingerprint density at radius 3 is 2.75 bits per heavy atom. The molecule has 6 nitrogen and oxygen atoms in total. The van der Waals surface area contributed by atoms with Crippen LogP contribution in [-0.2, 0) is 6.54 Å². The van der Waals surface area contributed by atoms with Crippen molar-refractivity contribution in [3.8, 4) is 0 Å². The van der Waals surface area contributed by atoms with E-state index in [1.807, 2.05) is 19.9 Å². The van der Waals surface area contributed by atoms with Gasteiger partial charge < -0.3 is 9.88 Å². The van der Waals surface area contributed by atoms with Crippen LogP contribution in [0.5, 0.6) is 0 Å². The van der Waals surface area contributed by atoms with Gasteiger partial charge in [0.2, 0.25) is 0 Å². The molecule has 0 bridgehead atoms. The average molecular weight is 272 g/mol. The van der Waals surface area contributed by atoms with Gasteiger partial charge in [-0.3, -0.25) is 9.59 Å². The third kappa shape index (κ3) is 1.47. The molecule has 1 N–H and O–H groups in total. The molecular weight excluding hydrogens is 256 g/mol. The lowest BCUT2D eigenvalue weighted by Crippen LogP contribution is -2.31. The van der Waals surface area contributed by atoms with Gasteiger partial charge in [-0.25, -0.2) is 0 Å². The first-order chi connectivity index (χ1) is 9.56. The van der Waals surface area contributed by atoms with Crippen molar-refractivity contribution in [2.24, 2.45) is 0 Å². The molecule has 1 aliphatic heterocycles. The number of carbonyl (C=O) groups excluding carboxylic acids is 1. The first kappa shape index (κ1) is 11.7. The zero-order valence-corrected chi connectivity index (χ0v) is 11.5. The Kier molecular flexibility index (Phi) is 2.17. The van der Waals surface area contributed by atoms with Crippen molar-refractivity contribution in [3.63, 3.8) is 0 Å². The standard InChI is InChI=1S/C14H16N4O2/c1-7(2)17-6-9-12(14(17)20)15-11-5-10(8-3-4-8)16-18(11)13(9)19/h5,7-8,15H,3-4,6H2,1-2H3. The molecule has 0 aromatic carbocycles. The Bertz CT molecular complexity index is 782. The first-order valence-corrected chi connectivity index (χ1v) is 7.02. The van der Waals surface area contributed by atoms with E-state index in [9.17, 15) is 9.59 Å². The Hall–Kier alpha value is -2.11. The van der Waals surface area contributed by atoms with E-state index in [2.05, 4.69) is 10.1 Å². The molecular formula is C14H16N4O2. The van der Waals surface area contributed by atoms with Gasteiger partial charge in [0.25, 0.3) is 11.5 Å². The summed E-state index contributed by atoms with van der Waals surface area (Å²) < 4.78 is 1.41. The van der Waals surface area contributed by atoms with E-state index < -0.39 is 0 Å². The molecule has 1 amide bonds. The molecule has 2 aromatic rings. The van der Waals surface area contributed by atoms with Gasteiger partial charge in [-0.1, -0.05) is 0 Å². The number of nitrogens with one attached hydrogen (secondary N) is 1. The molecule has 2 aliphatic rings. The molecule has 1 fully saturated rings. The average Bonchev–Trinajstić information content (AvgIpc) is 3.08. The number of aromatic nitrogens is 3. The molecule has 0 saturated heterocycles. The minimum atomic E-state index is -0.169. The molecule has 0 unspecified atom stereocenters. The SMILES string of the molecule is CC(C)N1Cc2c([nH]c3cc(C4CC4)nn3c2=O)C1=O. The van der Waals surface area contributed by atoms with Gasteiger partial charge in [0.05, 0.1) is 17.8 Å². The van der Waals surface area contributed by atoms with Gasteiger partial charge in [-0.15, -0.1) is 0 Å². The number of hydrogen-bond donors (Lipinski definition) is 1. The van der Waals surface area contributed by atoms with Gasteiger partial charge in [0.15, 0.2) is 0 Å². The zero-order chi connectivity index (χ0) is 14.0. The summed E-state index contributed by atoms with van der Waals surface area (Å²) in [6.45, 7) is 4.27. The fourth-order valence-corrected chi connectivity index (χ4v) is 2.79. The Labute approximate surface area is 115 Å². The number of hydrogen-bond acceptors (Lipinski definition) is 3. The summed E-state index contributed by atoms with van der Waals surface area (Å²) >= 11 is 0. The summed E-state index contributed by atoms with van der Waals surface area (Å²) in [6, 6.07) is 1.97. The van der Waals surface area contributed by atoms with Gasteiger partial charge in [0.1, 0.15) is 11.3 Å². The molecule has 0 radical (unpaired) electrons. The maximum absolute atomic E-state index is 12.5. The second-order valence-electron chi connectivity index (χ2n) is 5.95. The second kappa shape index (κ2) is 3.71. The van der Waals surface area contributed by atoms with Crippen LogP contribution in [0.15, 0.2) is 10.9 Å². The summed E-state index contributed by atoms with van der Waals surface area (Å²) in [5.41, 5.74) is 2.36. The van der Waals surface area contributed by atoms with Crippen molar-refractivity contribution >= 4 is 11.6 Å². The lowest BCUT2D eigenvalue weighted by molar-refractivity contribution is 0.0726. The maximum atomic E-state index is 12.5. The topological polar surface area (TPSA) is 70.5 Å². The lowest BCUT2D eigenvalue weighted by Gasteiger charge is -2.19. The molecule has 0 spiro atoms. The van der Waals surface area contributed by atoms with Gasteiger partial charge in [-0.05, 0) is 26.7 Å². The van der Waals surface area contributed by atoms with Crippen LogP contribution < -0.4 is 5.56 Å². The van der Waals surface area contributed by atoms with Crippen LogP contribution in [0, 0.1) is 0 Å². The van der Waals surface area contributed by atoms with E-state index in [1.165, 1.54) is 4.52 Å². The van der Waals surface area contributed by atoms with Crippen molar-refractivity contribution in [2.75, 3.05) is 0 Å². The lowest BCUT2D eigenvalue weighted by atomic mass is 10.2. The van der Waals surface area contributed by atoms with E-state index >= 15 is 0 Å². The van der Waals surface area contributed by atoms with Crippen molar-refractivity contribution in [2.45, 2.75) is 45.2 Å². The van der Waals surface area contributed by atoms with Gasteiger partial charge in [-0.2, -0.15) is 9.61 Å². The molecule has 20 heavy (non-hydrogen) atoms. The van der Waals surface area contributed by atoms with E-state index in [1.54, 1.807) is 4.90 Å². The van der Waals surface area contributed by atoms with E-state index in [-0.39, 0.29) is 17.5 Å². The smallest absolute Gasteiger partial charge is 0.280 e. The summed E-state index contributed by atoms with van der Waals surface area (Å²) in [7, 11) is 0. The van der Waals surface area contributed by atoms with Crippen LogP contribution in [0.4, 0.5) is 0 Å². The van der Waals surface area contributed by atoms with Crippen molar-refractivity contribution < 1.29 is 4.79 Å². The van der Waals surface area contributed by atoms with E-state index in [0.717, 1.165) is 18.5 Å². The number of rotatable bonds is 2. The van der Waals surface area contributed by atoms with Crippen LogP contribution in [-0.4, -0.2) is 31.4 Å². The van der Waals surface area contributed by atoms with Crippen molar-refractivity contribution in [1.29, 1.82) is 0 Å². The van der Waals surface area contributed by atoms with Crippen LogP contribution in [0.2, 0.25) is 0 Å². The number of fused-ring (bicyclic) bond motifs is 2. The van der Waals surface area contributed by atoms with Crippen LogP contribution in [0.1, 0.15) is 54.4 Å². The third-order valence-corrected chi connectivity index (χ3v) is 4.16. The number of carbonyl (C=O) groups is 1. The highest BCUT2D eigenvalue weighted by molar-refractivity contribution is 5.96. The molecule has 3 heterocycles. The van der Waals surface area contributed by atoms with E-state index in [4.69, 9.17) is 0 Å². The molecule has 4 rings (SSSR count). The molecule has 1 saturated carbocycles. The highest BCUT2D eigenvalue weighted by Gasteiger charge is 2.34. The monoisotopic (exact) mass is 272 g/mol. The van der Waals surface area contributed by atoms with Crippen molar-refractivity contribution in [1.82, 2.24) is 19.5 Å².